The lowest BCUT2D eigenvalue weighted by Gasteiger charge is -2.14. The van der Waals surface area contributed by atoms with Crippen molar-refractivity contribution in [1.29, 1.82) is 0 Å². The Kier molecular flexibility index (Phi) is 5.40. The van der Waals surface area contributed by atoms with E-state index >= 15 is 0 Å². The highest BCUT2D eigenvalue weighted by Gasteiger charge is 2.13. The van der Waals surface area contributed by atoms with Gasteiger partial charge in [0.25, 0.3) is 5.91 Å². The standard InChI is InChI=1S/C18H18ClNO3/c1-11-3-4-14(9-16(11)18(22)23)12(2)10-20-17(21)13-5-7-15(19)8-6-13/h3-9,12H,10H2,1-2H3,(H,20,21)(H,22,23). The van der Waals surface area contributed by atoms with Gasteiger partial charge >= 0.3 is 5.97 Å². The zero-order chi connectivity index (χ0) is 17.0. The minimum Gasteiger partial charge on any atom is -0.478 e. The van der Waals surface area contributed by atoms with Gasteiger partial charge in [0, 0.05) is 17.1 Å². The molecule has 2 rings (SSSR count). The lowest BCUT2D eigenvalue weighted by molar-refractivity contribution is 0.0695. The van der Waals surface area contributed by atoms with Crippen molar-refractivity contribution >= 4 is 23.5 Å². The fraction of sp³-hybridized carbons (Fsp3) is 0.222. The summed E-state index contributed by atoms with van der Waals surface area (Å²) in [7, 11) is 0. The first-order valence-electron chi connectivity index (χ1n) is 7.26. The molecule has 0 bridgehead atoms. The van der Waals surface area contributed by atoms with E-state index in [1.54, 1.807) is 43.3 Å². The number of carbonyl (C=O) groups excluding carboxylic acids is 1. The van der Waals surface area contributed by atoms with Crippen LogP contribution in [0.25, 0.3) is 0 Å². The summed E-state index contributed by atoms with van der Waals surface area (Å²) < 4.78 is 0. The van der Waals surface area contributed by atoms with E-state index in [0.717, 1.165) is 11.1 Å². The Morgan fingerprint density at radius 2 is 1.83 bits per heavy atom. The van der Waals surface area contributed by atoms with E-state index in [9.17, 15) is 14.7 Å². The van der Waals surface area contributed by atoms with E-state index in [1.165, 1.54) is 0 Å². The Morgan fingerprint density at radius 3 is 2.43 bits per heavy atom. The third-order valence-corrected chi connectivity index (χ3v) is 3.99. The third kappa shape index (κ3) is 4.33. The third-order valence-electron chi connectivity index (χ3n) is 3.74. The summed E-state index contributed by atoms with van der Waals surface area (Å²) in [5, 5.41) is 12.6. The minimum atomic E-state index is -0.943. The van der Waals surface area contributed by atoms with Gasteiger partial charge in [0.05, 0.1) is 5.56 Å². The van der Waals surface area contributed by atoms with Crippen LogP contribution in [-0.2, 0) is 0 Å². The summed E-state index contributed by atoms with van der Waals surface area (Å²) in [6, 6.07) is 12.0. The van der Waals surface area contributed by atoms with Crippen molar-refractivity contribution in [3.8, 4) is 0 Å². The van der Waals surface area contributed by atoms with E-state index in [1.807, 2.05) is 13.0 Å². The Morgan fingerprint density at radius 1 is 1.17 bits per heavy atom. The van der Waals surface area contributed by atoms with Crippen LogP contribution in [-0.4, -0.2) is 23.5 Å². The molecule has 1 amide bonds. The first-order chi connectivity index (χ1) is 10.9. The van der Waals surface area contributed by atoms with Crippen LogP contribution in [0.3, 0.4) is 0 Å². The van der Waals surface area contributed by atoms with Crippen molar-refractivity contribution in [2.24, 2.45) is 0 Å². The Balaban J connectivity index is 2.03. The van der Waals surface area contributed by atoms with Crippen molar-refractivity contribution in [3.63, 3.8) is 0 Å². The van der Waals surface area contributed by atoms with Crippen LogP contribution in [0.1, 0.15) is 44.7 Å². The summed E-state index contributed by atoms with van der Waals surface area (Å²) in [4.78, 5) is 23.3. The lowest BCUT2D eigenvalue weighted by Crippen LogP contribution is -2.27. The molecule has 0 aromatic heterocycles. The maximum Gasteiger partial charge on any atom is 0.335 e. The Bertz CT molecular complexity index is 726. The number of hydrogen-bond donors (Lipinski definition) is 2. The summed E-state index contributed by atoms with van der Waals surface area (Å²) in [5.74, 6) is -1.12. The molecule has 2 N–H and O–H groups in total. The molecule has 23 heavy (non-hydrogen) atoms. The maximum absolute atomic E-state index is 12.1. The number of benzene rings is 2. The molecule has 0 heterocycles. The van der Waals surface area contributed by atoms with Gasteiger partial charge in [0.15, 0.2) is 0 Å². The van der Waals surface area contributed by atoms with Gasteiger partial charge in [0.1, 0.15) is 0 Å². The largest absolute Gasteiger partial charge is 0.478 e. The molecule has 0 saturated carbocycles. The van der Waals surface area contributed by atoms with Crippen LogP contribution in [0.2, 0.25) is 5.02 Å². The number of rotatable bonds is 5. The summed E-state index contributed by atoms with van der Waals surface area (Å²) >= 11 is 5.80. The molecule has 2 aromatic rings. The van der Waals surface area contributed by atoms with E-state index in [-0.39, 0.29) is 11.8 Å². The normalized spacial score (nSPS) is 11.8. The van der Waals surface area contributed by atoms with Crippen molar-refractivity contribution in [1.82, 2.24) is 5.32 Å². The molecule has 0 aliphatic heterocycles. The summed E-state index contributed by atoms with van der Waals surface area (Å²) in [6.07, 6.45) is 0. The van der Waals surface area contributed by atoms with Crippen molar-refractivity contribution in [3.05, 3.63) is 69.7 Å². The number of nitrogens with one attached hydrogen (secondary N) is 1. The second kappa shape index (κ2) is 7.29. The first kappa shape index (κ1) is 17.0. The minimum absolute atomic E-state index is 0.00458. The van der Waals surface area contributed by atoms with Crippen molar-refractivity contribution in [2.75, 3.05) is 6.54 Å². The number of aryl methyl sites for hydroxylation is 1. The number of halogens is 1. The molecule has 0 spiro atoms. The van der Waals surface area contributed by atoms with Gasteiger partial charge in [-0.3, -0.25) is 4.79 Å². The maximum atomic E-state index is 12.1. The molecule has 1 unspecified atom stereocenters. The van der Waals surface area contributed by atoms with Crippen molar-refractivity contribution < 1.29 is 14.7 Å². The predicted molar refractivity (Wildman–Crippen MR) is 90.3 cm³/mol. The SMILES string of the molecule is Cc1ccc(C(C)CNC(=O)c2ccc(Cl)cc2)cc1C(=O)O. The zero-order valence-electron chi connectivity index (χ0n) is 13.0. The summed E-state index contributed by atoms with van der Waals surface area (Å²) in [5.41, 5.74) is 2.43. The molecule has 0 aliphatic rings. The number of carbonyl (C=O) groups is 2. The molecule has 0 saturated heterocycles. The van der Waals surface area contributed by atoms with Crippen LogP contribution in [0.4, 0.5) is 0 Å². The van der Waals surface area contributed by atoms with Gasteiger partial charge in [-0.2, -0.15) is 0 Å². The molecule has 4 nitrogen and oxygen atoms in total. The first-order valence-corrected chi connectivity index (χ1v) is 7.64. The number of carboxylic acids is 1. The van der Waals surface area contributed by atoms with Gasteiger partial charge in [-0.05, 0) is 54.3 Å². The fourth-order valence-corrected chi connectivity index (χ4v) is 2.37. The zero-order valence-corrected chi connectivity index (χ0v) is 13.7. The highest BCUT2D eigenvalue weighted by Crippen LogP contribution is 2.19. The van der Waals surface area contributed by atoms with Crippen molar-refractivity contribution in [2.45, 2.75) is 19.8 Å². The molecule has 1 atom stereocenters. The molecule has 120 valence electrons. The summed E-state index contributed by atoms with van der Waals surface area (Å²) in [6.45, 7) is 4.13. The van der Waals surface area contributed by atoms with E-state index in [4.69, 9.17) is 11.6 Å². The Labute approximate surface area is 140 Å². The molecular weight excluding hydrogens is 314 g/mol. The van der Waals surface area contributed by atoms with E-state index < -0.39 is 5.97 Å². The van der Waals surface area contributed by atoms with Crippen LogP contribution >= 0.6 is 11.6 Å². The average molecular weight is 332 g/mol. The number of aromatic carboxylic acids is 1. The number of carboxylic acid groups (broad SMARTS) is 1. The number of amides is 1. The van der Waals surface area contributed by atoms with Gasteiger partial charge in [-0.25, -0.2) is 4.79 Å². The van der Waals surface area contributed by atoms with Gasteiger partial charge in [0.2, 0.25) is 0 Å². The predicted octanol–water partition coefficient (Wildman–Crippen LogP) is 3.88. The fourth-order valence-electron chi connectivity index (χ4n) is 2.24. The highest BCUT2D eigenvalue weighted by molar-refractivity contribution is 6.30. The van der Waals surface area contributed by atoms with E-state index in [2.05, 4.69) is 5.32 Å². The highest BCUT2D eigenvalue weighted by atomic mass is 35.5. The molecule has 2 aromatic carbocycles. The molecule has 0 fully saturated rings. The molecule has 0 radical (unpaired) electrons. The molecule has 0 aliphatic carbocycles. The molecular formula is C18H18ClNO3. The van der Waals surface area contributed by atoms with Crippen LogP contribution in [0.15, 0.2) is 42.5 Å². The second-order valence-electron chi connectivity index (χ2n) is 5.50. The monoisotopic (exact) mass is 331 g/mol. The quantitative estimate of drug-likeness (QED) is 0.873. The topological polar surface area (TPSA) is 66.4 Å². The van der Waals surface area contributed by atoms with Crippen LogP contribution in [0.5, 0.6) is 0 Å². The lowest BCUT2D eigenvalue weighted by atomic mass is 9.96. The number of hydrogen-bond acceptors (Lipinski definition) is 2. The Hall–Kier alpha value is -2.33. The van der Waals surface area contributed by atoms with Gasteiger partial charge in [-0.1, -0.05) is 30.7 Å². The molecule has 5 heteroatoms. The van der Waals surface area contributed by atoms with Crippen LogP contribution < -0.4 is 5.32 Å². The van der Waals surface area contributed by atoms with E-state index in [0.29, 0.717) is 22.7 Å². The van der Waals surface area contributed by atoms with Gasteiger partial charge < -0.3 is 10.4 Å². The second-order valence-corrected chi connectivity index (χ2v) is 5.93. The van der Waals surface area contributed by atoms with Crippen LogP contribution in [0, 0.1) is 6.92 Å². The average Bonchev–Trinajstić information content (AvgIpc) is 2.53. The smallest absolute Gasteiger partial charge is 0.335 e. The van der Waals surface area contributed by atoms with Gasteiger partial charge in [-0.15, -0.1) is 0 Å².